The largest absolute Gasteiger partial charge is 0.487 e. The number of aryl methyl sites for hydroxylation is 2. The van der Waals surface area contributed by atoms with Crippen LogP contribution in [0.3, 0.4) is 0 Å². The molecule has 1 atom stereocenters. The van der Waals surface area contributed by atoms with Gasteiger partial charge in [-0.15, -0.1) is 0 Å². The van der Waals surface area contributed by atoms with E-state index in [2.05, 4.69) is 5.10 Å². The van der Waals surface area contributed by atoms with Gasteiger partial charge in [-0.3, -0.25) is 8.99 Å². The van der Waals surface area contributed by atoms with Crippen molar-refractivity contribution in [1.82, 2.24) is 9.78 Å². The number of rotatable bonds is 2. The van der Waals surface area contributed by atoms with Crippen molar-refractivity contribution in [3.63, 3.8) is 0 Å². The van der Waals surface area contributed by atoms with E-state index in [1.54, 1.807) is 37.7 Å². The van der Waals surface area contributed by atoms with Gasteiger partial charge >= 0.3 is 0 Å². The van der Waals surface area contributed by atoms with E-state index in [0.29, 0.717) is 22.8 Å². The quantitative estimate of drug-likeness (QED) is 0.849. The number of hydrogen-bond acceptors (Lipinski definition) is 4. The Morgan fingerprint density at radius 2 is 1.95 bits per heavy atom. The molecule has 0 saturated carbocycles. The minimum Gasteiger partial charge on any atom is -0.487 e. The summed E-state index contributed by atoms with van der Waals surface area (Å²) in [5.41, 5.74) is 1.72. The maximum Gasteiger partial charge on any atom is 0.268 e. The van der Waals surface area contributed by atoms with Crippen molar-refractivity contribution in [1.29, 1.82) is 0 Å². The van der Waals surface area contributed by atoms with Crippen molar-refractivity contribution in [2.75, 3.05) is 10.8 Å². The predicted octanol–water partition coefficient (Wildman–Crippen LogP) is 2.01. The van der Waals surface area contributed by atoms with Gasteiger partial charge in [0.25, 0.3) is 10.0 Å². The fourth-order valence-corrected chi connectivity index (χ4v) is 4.77. The van der Waals surface area contributed by atoms with Gasteiger partial charge in [-0.2, -0.15) is 5.10 Å². The van der Waals surface area contributed by atoms with Crippen LogP contribution in [0.2, 0.25) is 0 Å². The van der Waals surface area contributed by atoms with Gasteiger partial charge in [0.1, 0.15) is 16.7 Å². The molecule has 0 bridgehead atoms. The molecule has 3 rings (SSSR count). The van der Waals surface area contributed by atoms with E-state index in [9.17, 15) is 8.42 Å². The van der Waals surface area contributed by atoms with E-state index in [1.165, 1.54) is 4.31 Å². The van der Waals surface area contributed by atoms with Gasteiger partial charge in [0.2, 0.25) is 0 Å². The van der Waals surface area contributed by atoms with Gasteiger partial charge in [-0.25, -0.2) is 8.42 Å². The third-order valence-corrected chi connectivity index (χ3v) is 5.91. The molecule has 0 unspecified atom stereocenters. The highest BCUT2D eigenvalue weighted by Crippen LogP contribution is 2.37. The van der Waals surface area contributed by atoms with Gasteiger partial charge < -0.3 is 4.74 Å². The van der Waals surface area contributed by atoms with E-state index < -0.39 is 10.0 Å². The van der Waals surface area contributed by atoms with E-state index >= 15 is 0 Å². The summed E-state index contributed by atoms with van der Waals surface area (Å²) in [4.78, 5) is 0.277. The highest BCUT2D eigenvalue weighted by molar-refractivity contribution is 7.93. The van der Waals surface area contributed by atoms with E-state index in [1.807, 2.05) is 19.1 Å². The zero-order chi connectivity index (χ0) is 16.1. The first-order chi connectivity index (χ1) is 10.3. The maximum atomic E-state index is 13.2. The van der Waals surface area contributed by atoms with Crippen LogP contribution in [0.5, 0.6) is 5.75 Å². The van der Waals surface area contributed by atoms with Crippen molar-refractivity contribution >= 4 is 15.7 Å². The van der Waals surface area contributed by atoms with Crippen LogP contribution in [0.15, 0.2) is 29.2 Å². The fourth-order valence-electron chi connectivity index (χ4n) is 2.81. The summed E-state index contributed by atoms with van der Waals surface area (Å²) in [6.07, 6.45) is -0.207. The van der Waals surface area contributed by atoms with Gasteiger partial charge in [0.15, 0.2) is 0 Å². The number of hydrogen-bond donors (Lipinski definition) is 0. The predicted molar refractivity (Wildman–Crippen MR) is 83.7 cm³/mol. The topological polar surface area (TPSA) is 64.4 Å². The molecule has 2 heterocycles. The molecule has 1 aliphatic heterocycles. The Bertz CT molecular complexity index is 827. The minimum atomic E-state index is -3.68. The van der Waals surface area contributed by atoms with Crippen LogP contribution in [-0.2, 0) is 17.1 Å². The Morgan fingerprint density at radius 1 is 1.27 bits per heavy atom. The molecule has 0 saturated heterocycles. The van der Waals surface area contributed by atoms with Crippen LogP contribution in [0.1, 0.15) is 18.3 Å². The Hall–Kier alpha value is -2.02. The zero-order valence-electron chi connectivity index (χ0n) is 13.1. The van der Waals surface area contributed by atoms with Crippen LogP contribution < -0.4 is 9.04 Å². The van der Waals surface area contributed by atoms with Crippen molar-refractivity contribution in [3.8, 4) is 5.75 Å². The van der Waals surface area contributed by atoms with Crippen LogP contribution in [0, 0.1) is 13.8 Å². The lowest BCUT2D eigenvalue weighted by Crippen LogP contribution is -2.42. The second-order valence-corrected chi connectivity index (χ2v) is 7.36. The Kier molecular flexibility index (Phi) is 3.40. The van der Waals surface area contributed by atoms with E-state index in [-0.39, 0.29) is 17.5 Å². The third-order valence-electron chi connectivity index (χ3n) is 3.88. The first kappa shape index (κ1) is 14.9. The number of para-hydroxylation sites is 2. The molecular formula is C15H19N3O3S. The first-order valence-corrected chi connectivity index (χ1v) is 8.55. The number of nitrogens with zero attached hydrogens (tertiary/aromatic N) is 3. The number of aromatic nitrogens is 2. The average molecular weight is 321 g/mol. The smallest absolute Gasteiger partial charge is 0.268 e. The second-order valence-electron chi connectivity index (χ2n) is 5.56. The second kappa shape index (κ2) is 5.01. The molecule has 22 heavy (non-hydrogen) atoms. The summed E-state index contributed by atoms with van der Waals surface area (Å²) in [6, 6.07) is 7.20. The lowest BCUT2D eigenvalue weighted by Gasteiger charge is -2.34. The van der Waals surface area contributed by atoms with Gasteiger partial charge in [-0.05, 0) is 32.9 Å². The molecule has 6 nitrogen and oxygen atoms in total. The van der Waals surface area contributed by atoms with Crippen LogP contribution in [-0.4, -0.2) is 30.8 Å². The number of ether oxygens (including phenoxy) is 1. The molecule has 1 aromatic heterocycles. The summed E-state index contributed by atoms with van der Waals surface area (Å²) in [5, 5.41) is 4.23. The molecule has 0 aliphatic carbocycles. The number of benzene rings is 1. The molecular weight excluding hydrogens is 302 g/mol. The van der Waals surface area contributed by atoms with Gasteiger partial charge in [0, 0.05) is 7.05 Å². The molecule has 0 amide bonds. The van der Waals surface area contributed by atoms with E-state index in [0.717, 1.165) is 0 Å². The monoisotopic (exact) mass is 321 g/mol. The number of sulfonamides is 1. The Morgan fingerprint density at radius 3 is 2.59 bits per heavy atom. The molecule has 2 aromatic rings. The molecule has 0 fully saturated rings. The standard InChI is InChI=1S/C15H19N3O3S/c1-10-9-18(13-7-5-6-8-14(13)21-10)22(19,20)15-11(2)16-17(4)12(15)3/h5-8,10H,9H2,1-4H3/t10-/m1/s1. The molecule has 0 radical (unpaired) electrons. The van der Waals surface area contributed by atoms with Crippen LogP contribution >= 0.6 is 0 Å². The minimum absolute atomic E-state index is 0.207. The summed E-state index contributed by atoms with van der Waals surface area (Å²) >= 11 is 0. The molecule has 1 aromatic carbocycles. The van der Waals surface area contributed by atoms with Crippen molar-refractivity contribution < 1.29 is 13.2 Å². The SMILES string of the molecule is Cc1nn(C)c(C)c1S(=O)(=O)N1C[C@@H](C)Oc2ccccc21. The van der Waals surface area contributed by atoms with Crippen LogP contribution in [0.25, 0.3) is 0 Å². The average Bonchev–Trinajstić information content (AvgIpc) is 2.71. The fraction of sp³-hybridized carbons (Fsp3) is 0.400. The lowest BCUT2D eigenvalue weighted by atomic mass is 10.2. The molecule has 118 valence electrons. The molecule has 0 spiro atoms. The third kappa shape index (κ3) is 2.16. The van der Waals surface area contributed by atoms with Crippen LogP contribution in [0.4, 0.5) is 5.69 Å². The number of anilines is 1. The Labute approximate surface area is 130 Å². The maximum absolute atomic E-state index is 13.2. The molecule has 1 aliphatic rings. The molecule has 7 heteroatoms. The summed E-state index contributed by atoms with van der Waals surface area (Å²) < 4.78 is 35.1. The summed E-state index contributed by atoms with van der Waals surface area (Å²) in [6.45, 7) is 5.63. The van der Waals surface area contributed by atoms with Gasteiger partial charge in [0.05, 0.1) is 23.6 Å². The lowest BCUT2D eigenvalue weighted by molar-refractivity contribution is 0.219. The van der Waals surface area contributed by atoms with Crippen molar-refractivity contribution in [2.24, 2.45) is 7.05 Å². The number of fused-ring (bicyclic) bond motifs is 1. The first-order valence-electron chi connectivity index (χ1n) is 7.11. The normalized spacial score (nSPS) is 18.0. The van der Waals surface area contributed by atoms with Crippen molar-refractivity contribution in [2.45, 2.75) is 31.8 Å². The van der Waals surface area contributed by atoms with Gasteiger partial charge in [-0.1, -0.05) is 12.1 Å². The Balaban J connectivity index is 2.18. The zero-order valence-corrected chi connectivity index (χ0v) is 13.9. The summed E-state index contributed by atoms with van der Waals surface area (Å²) in [5.74, 6) is 0.587. The highest BCUT2D eigenvalue weighted by atomic mass is 32.2. The van der Waals surface area contributed by atoms with E-state index in [4.69, 9.17) is 4.74 Å². The van der Waals surface area contributed by atoms with Crippen molar-refractivity contribution in [3.05, 3.63) is 35.7 Å². The molecule has 0 N–H and O–H groups in total. The highest BCUT2D eigenvalue weighted by Gasteiger charge is 2.36. The summed E-state index contributed by atoms with van der Waals surface area (Å²) in [7, 11) is -1.93.